The van der Waals surface area contributed by atoms with E-state index in [1.54, 1.807) is 12.1 Å². The predicted molar refractivity (Wildman–Crippen MR) is 114 cm³/mol. The highest BCUT2D eigenvalue weighted by atomic mass is 32.2. The molecule has 11 heteroatoms. The number of hydrogen-bond donors (Lipinski definition) is 4. The van der Waals surface area contributed by atoms with Crippen molar-refractivity contribution < 1.29 is 27.6 Å². The third kappa shape index (κ3) is 5.11. The van der Waals surface area contributed by atoms with Crippen LogP contribution in [0.1, 0.15) is 25.3 Å². The summed E-state index contributed by atoms with van der Waals surface area (Å²) in [6.07, 6.45) is 1.80. The fourth-order valence-corrected chi connectivity index (χ4v) is 4.15. The second-order valence-electron chi connectivity index (χ2n) is 6.79. The number of carbonyl (C=O) groups is 1. The highest BCUT2D eigenvalue weighted by molar-refractivity contribution is 7.92. The molecule has 0 radical (unpaired) electrons. The Bertz CT molecular complexity index is 1030. The Morgan fingerprint density at radius 3 is 2.83 bits per heavy atom. The molecular formula is C19H24BN3O6S. The van der Waals surface area contributed by atoms with Crippen molar-refractivity contribution in [2.24, 2.45) is 5.73 Å². The van der Waals surface area contributed by atoms with Gasteiger partial charge in [-0.05, 0) is 41.7 Å². The molecule has 0 saturated carbocycles. The van der Waals surface area contributed by atoms with Gasteiger partial charge in [-0.1, -0.05) is 19.4 Å². The van der Waals surface area contributed by atoms with E-state index in [2.05, 4.69) is 10.0 Å². The summed E-state index contributed by atoms with van der Waals surface area (Å²) >= 11 is 0. The number of amides is 1. The van der Waals surface area contributed by atoms with Gasteiger partial charge in [0, 0.05) is 11.8 Å². The third-order valence-electron chi connectivity index (χ3n) is 4.53. The summed E-state index contributed by atoms with van der Waals surface area (Å²) in [5, 5.41) is 12.3. The summed E-state index contributed by atoms with van der Waals surface area (Å²) in [5.74, 6) is -0.0949. The highest BCUT2D eigenvalue weighted by Crippen LogP contribution is 2.29. The lowest BCUT2D eigenvalue weighted by Crippen LogP contribution is -2.28. The molecule has 0 unspecified atom stereocenters. The van der Waals surface area contributed by atoms with E-state index in [0.717, 1.165) is 18.4 Å². The Balaban J connectivity index is 1.89. The Hall–Kier alpha value is -2.60. The van der Waals surface area contributed by atoms with Gasteiger partial charge in [0.25, 0.3) is 10.0 Å². The Morgan fingerprint density at radius 1 is 1.30 bits per heavy atom. The summed E-state index contributed by atoms with van der Waals surface area (Å²) < 4.78 is 39.2. The van der Waals surface area contributed by atoms with Crippen molar-refractivity contribution in [1.29, 1.82) is 0 Å². The Kier molecular flexibility index (Phi) is 6.98. The smallest absolute Gasteiger partial charge is 0.491 e. The second-order valence-corrected chi connectivity index (χ2v) is 8.45. The number of fused-ring (bicyclic) bond motifs is 1. The first-order valence-corrected chi connectivity index (χ1v) is 11.0. The van der Waals surface area contributed by atoms with Crippen LogP contribution in [0, 0.1) is 0 Å². The van der Waals surface area contributed by atoms with Crippen LogP contribution in [0.15, 0.2) is 41.3 Å². The zero-order valence-electron chi connectivity index (χ0n) is 16.6. The molecule has 0 spiro atoms. The standard InChI is InChI=1S/C19H24BN3O6S/c1-2-3-8-28-15-6-7-18(17(10-15)22-19(24)11-21)30(26,27)23-14-5-4-13-12-29-20(25)16(13)9-14/h4-7,9-10,23,25H,2-3,8,11-12,21H2,1H3,(H,22,24). The van der Waals surface area contributed by atoms with Gasteiger partial charge in [0.1, 0.15) is 10.6 Å². The number of rotatable bonds is 9. The van der Waals surface area contributed by atoms with Crippen molar-refractivity contribution in [3.05, 3.63) is 42.0 Å². The average Bonchev–Trinajstić information content (AvgIpc) is 3.08. The number of unbranched alkanes of at least 4 members (excludes halogenated alkanes) is 1. The molecule has 1 aliphatic heterocycles. The molecule has 0 atom stereocenters. The maximum absolute atomic E-state index is 13.0. The molecule has 0 bridgehead atoms. The van der Waals surface area contributed by atoms with E-state index in [-0.39, 0.29) is 29.4 Å². The van der Waals surface area contributed by atoms with Crippen molar-refractivity contribution in [3.8, 4) is 5.75 Å². The van der Waals surface area contributed by atoms with Gasteiger partial charge in [-0.2, -0.15) is 0 Å². The van der Waals surface area contributed by atoms with Crippen molar-refractivity contribution in [2.75, 3.05) is 23.2 Å². The first-order chi connectivity index (χ1) is 14.3. The third-order valence-corrected chi connectivity index (χ3v) is 5.97. The lowest BCUT2D eigenvalue weighted by molar-refractivity contribution is -0.114. The minimum atomic E-state index is -4.06. The average molecular weight is 433 g/mol. The lowest BCUT2D eigenvalue weighted by atomic mass is 9.79. The molecule has 160 valence electrons. The van der Waals surface area contributed by atoms with Crippen LogP contribution in [0.2, 0.25) is 0 Å². The summed E-state index contributed by atoms with van der Waals surface area (Å²) in [7, 11) is -5.15. The zero-order chi connectivity index (χ0) is 21.7. The normalized spacial score (nSPS) is 13.1. The fraction of sp³-hybridized carbons (Fsp3) is 0.316. The maximum Gasteiger partial charge on any atom is 0.491 e. The quantitative estimate of drug-likeness (QED) is 0.339. The van der Waals surface area contributed by atoms with Gasteiger partial charge >= 0.3 is 7.12 Å². The predicted octanol–water partition coefficient (Wildman–Crippen LogP) is 0.781. The van der Waals surface area contributed by atoms with E-state index in [1.807, 2.05) is 6.92 Å². The summed E-state index contributed by atoms with van der Waals surface area (Å²) in [6.45, 7) is 2.47. The Labute approximate surface area is 175 Å². The molecule has 0 aromatic heterocycles. The molecule has 1 heterocycles. The number of ether oxygens (including phenoxy) is 1. The van der Waals surface area contributed by atoms with Crippen LogP contribution >= 0.6 is 0 Å². The number of carbonyl (C=O) groups excluding carboxylic acids is 1. The molecule has 1 amide bonds. The van der Waals surface area contributed by atoms with Crippen LogP contribution in [0.25, 0.3) is 0 Å². The minimum absolute atomic E-state index is 0.0662. The largest absolute Gasteiger partial charge is 0.494 e. The first-order valence-electron chi connectivity index (χ1n) is 9.56. The summed E-state index contributed by atoms with van der Waals surface area (Å²) in [6, 6.07) is 9.13. The number of anilines is 2. The monoisotopic (exact) mass is 433 g/mol. The van der Waals surface area contributed by atoms with E-state index < -0.39 is 23.0 Å². The van der Waals surface area contributed by atoms with E-state index in [1.165, 1.54) is 24.3 Å². The van der Waals surface area contributed by atoms with Crippen molar-refractivity contribution in [3.63, 3.8) is 0 Å². The van der Waals surface area contributed by atoms with Gasteiger partial charge in [-0.3, -0.25) is 9.52 Å². The van der Waals surface area contributed by atoms with E-state index in [4.69, 9.17) is 15.1 Å². The van der Waals surface area contributed by atoms with Gasteiger partial charge in [0.15, 0.2) is 0 Å². The maximum atomic E-state index is 13.0. The first kappa shape index (κ1) is 22.1. The highest BCUT2D eigenvalue weighted by Gasteiger charge is 2.28. The number of nitrogens with one attached hydrogen (secondary N) is 2. The molecule has 5 N–H and O–H groups in total. The molecule has 9 nitrogen and oxygen atoms in total. The van der Waals surface area contributed by atoms with Crippen LogP contribution in [-0.2, 0) is 26.1 Å². The minimum Gasteiger partial charge on any atom is -0.494 e. The van der Waals surface area contributed by atoms with Crippen LogP contribution in [0.4, 0.5) is 11.4 Å². The van der Waals surface area contributed by atoms with Crippen LogP contribution < -0.4 is 26.0 Å². The molecular weight excluding hydrogens is 409 g/mol. The second kappa shape index (κ2) is 9.48. The van der Waals surface area contributed by atoms with E-state index >= 15 is 0 Å². The van der Waals surface area contributed by atoms with Crippen LogP contribution in [0.3, 0.4) is 0 Å². The fourth-order valence-electron chi connectivity index (χ4n) is 2.95. The zero-order valence-corrected chi connectivity index (χ0v) is 17.4. The van der Waals surface area contributed by atoms with Crippen molar-refractivity contribution >= 4 is 39.9 Å². The van der Waals surface area contributed by atoms with Crippen molar-refractivity contribution in [2.45, 2.75) is 31.3 Å². The molecule has 0 saturated heterocycles. The lowest BCUT2D eigenvalue weighted by Gasteiger charge is -2.15. The van der Waals surface area contributed by atoms with Gasteiger partial charge in [0.2, 0.25) is 5.91 Å². The topological polar surface area (TPSA) is 140 Å². The molecule has 2 aromatic carbocycles. The number of sulfonamides is 1. The molecule has 3 rings (SSSR count). The SMILES string of the molecule is CCCCOc1ccc(S(=O)(=O)Nc2ccc3c(c2)B(O)OC3)c(NC(=O)CN)c1. The molecule has 30 heavy (non-hydrogen) atoms. The van der Waals surface area contributed by atoms with Gasteiger partial charge < -0.3 is 25.5 Å². The number of benzene rings is 2. The molecule has 1 aliphatic rings. The Morgan fingerprint density at radius 2 is 2.10 bits per heavy atom. The summed E-state index contributed by atoms with van der Waals surface area (Å²) in [4.78, 5) is 11.7. The summed E-state index contributed by atoms with van der Waals surface area (Å²) in [5.41, 5.74) is 6.98. The molecule has 2 aromatic rings. The van der Waals surface area contributed by atoms with E-state index in [0.29, 0.717) is 17.8 Å². The van der Waals surface area contributed by atoms with Crippen LogP contribution in [-0.4, -0.2) is 39.6 Å². The molecule has 0 aliphatic carbocycles. The number of hydrogen-bond acceptors (Lipinski definition) is 7. The van der Waals surface area contributed by atoms with E-state index in [9.17, 15) is 18.2 Å². The number of nitrogens with two attached hydrogens (primary N) is 1. The van der Waals surface area contributed by atoms with Crippen molar-refractivity contribution in [1.82, 2.24) is 0 Å². The van der Waals surface area contributed by atoms with Gasteiger partial charge in [-0.25, -0.2) is 8.42 Å². The van der Waals surface area contributed by atoms with Crippen LogP contribution in [0.5, 0.6) is 5.75 Å². The van der Waals surface area contributed by atoms with Gasteiger partial charge in [0.05, 0.1) is 25.4 Å². The van der Waals surface area contributed by atoms with Gasteiger partial charge in [-0.15, -0.1) is 0 Å². The molecule has 0 fully saturated rings.